The van der Waals surface area contributed by atoms with Gasteiger partial charge in [-0.1, -0.05) is 35.9 Å². The van der Waals surface area contributed by atoms with Crippen molar-refractivity contribution in [3.8, 4) is 0 Å². The van der Waals surface area contributed by atoms with Crippen LogP contribution in [-0.2, 0) is 21.2 Å². The number of nitrogens with zero attached hydrogens (tertiary/aromatic N) is 4. The maximum atomic E-state index is 13.1. The molecule has 7 nitrogen and oxygen atoms in total. The molecule has 1 fully saturated rings. The third-order valence-corrected chi connectivity index (χ3v) is 7.87. The van der Waals surface area contributed by atoms with Gasteiger partial charge in [0.15, 0.2) is 0 Å². The summed E-state index contributed by atoms with van der Waals surface area (Å²) in [5.74, 6) is 0.00719. The van der Waals surface area contributed by atoms with Gasteiger partial charge in [-0.05, 0) is 30.2 Å². The van der Waals surface area contributed by atoms with E-state index in [1.165, 1.54) is 4.31 Å². The Kier molecular flexibility index (Phi) is 5.82. The molecule has 3 aromatic rings. The maximum absolute atomic E-state index is 13.1. The SMILES string of the molecule is O=C(CCc1ccccc1Cl)N1CCN(S(=O)(=O)c2cccc3nsnc23)CC1. The number of amides is 1. The van der Waals surface area contributed by atoms with Crippen molar-refractivity contribution in [3.63, 3.8) is 0 Å². The first-order valence-corrected chi connectivity index (χ1v) is 11.7. The first kappa shape index (κ1) is 20.2. The lowest BCUT2D eigenvalue weighted by atomic mass is 10.1. The number of aromatic nitrogens is 2. The molecule has 4 rings (SSSR count). The number of aryl methyl sites for hydroxylation is 1. The Labute approximate surface area is 178 Å². The Hall–Kier alpha value is -2.07. The van der Waals surface area contributed by atoms with Crippen molar-refractivity contribution in [2.24, 2.45) is 0 Å². The van der Waals surface area contributed by atoms with Crippen LogP contribution in [-0.4, -0.2) is 58.5 Å². The van der Waals surface area contributed by atoms with E-state index in [0.717, 1.165) is 17.3 Å². The minimum Gasteiger partial charge on any atom is -0.340 e. The quantitative estimate of drug-likeness (QED) is 0.596. The van der Waals surface area contributed by atoms with Gasteiger partial charge in [0.2, 0.25) is 15.9 Å². The minimum atomic E-state index is -3.69. The molecular formula is C19H19ClN4O3S2. The zero-order valence-electron chi connectivity index (χ0n) is 15.5. The molecule has 2 heterocycles. The summed E-state index contributed by atoms with van der Waals surface area (Å²) >= 11 is 7.14. The van der Waals surface area contributed by atoms with Crippen molar-refractivity contribution in [1.29, 1.82) is 0 Å². The van der Waals surface area contributed by atoms with Gasteiger partial charge in [0.1, 0.15) is 15.9 Å². The lowest BCUT2D eigenvalue weighted by Gasteiger charge is -2.34. The van der Waals surface area contributed by atoms with Gasteiger partial charge in [-0.25, -0.2) is 8.42 Å². The minimum absolute atomic E-state index is 0.00719. The summed E-state index contributed by atoms with van der Waals surface area (Å²) in [6.07, 6.45) is 0.913. The van der Waals surface area contributed by atoms with Crippen molar-refractivity contribution in [3.05, 3.63) is 53.1 Å². The van der Waals surface area contributed by atoms with E-state index in [1.54, 1.807) is 23.1 Å². The third kappa shape index (κ3) is 4.13. The number of sulfonamides is 1. The topological polar surface area (TPSA) is 83.5 Å². The summed E-state index contributed by atoms with van der Waals surface area (Å²) in [6.45, 7) is 1.25. The predicted molar refractivity (Wildman–Crippen MR) is 113 cm³/mol. The number of hydrogen-bond donors (Lipinski definition) is 0. The normalized spacial score (nSPS) is 15.7. The van der Waals surface area contributed by atoms with Crippen LogP contribution in [0.2, 0.25) is 5.02 Å². The lowest BCUT2D eigenvalue weighted by Crippen LogP contribution is -2.50. The van der Waals surface area contributed by atoms with E-state index in [0.29, 0.717) is 42.0 Å². The number of rotatable bonds is 5. The van der Waals surface area contributed by atoms with Gasteiger partial charge in [-0.2, -0.15) is 13.1 Å². The molecule has 152 valence electrons. The van der Waals surface area contributed by atoms with E-state index < -0.39 is 10.0 Å². The molecule has 0 unspecified atom stereocenters. The molecule has 0 radical (unpaired) electrons. The molecule has 2 aromatic carbocycles. The van der Waals surface area contributed by atoms with Crippen molar-refractivity contribution in [2.75, 3.05) is 26.2 Å². The fourth-order valence-electron chi connectivity index (χ4n) is 3.41. The number of fused-ring (bicyclic) bond motifs is 1. The van der Waals surface area contributed by atoms with E-state index >= 15 is 0 Å². The molecule has 29 heavy (non-hydrogen) atoms. The third-order valence-electron chi connectivity index (χ3n) is 5.02. The second-order valence-corrected chi connectivity index (χ2v) is 9.61. The summed E-state index contributed by atoms with van der Waals surface area (Å²) in [6, 6.07) is 12.4. The largest absolute Gasteiger partial charge is 0.340 e. The molecule has 1 aliphatic heterocycles. The first-order chi connectivity index (χ1) is 14.0. The van der Waals surface area contributed by atoms with E-state index in [1.807, 2.05) is 24.3 Å². The van der Waals surface area contributed by atoms with Crippen LogP contribution in [0, 0.1) is 0 Å². The predicted octanol–water partition coefficient (Wildman–Crippen LogP) is 2.81. The standard InChI is InChI=1S/C19H19ClN4O3S2/c20-15-5-2-1-4-14(15)8-9-18(25)23-10-12-24(13-11-23)29(26,27)17-7-3-6-16-19(17)22-28-21-16/h1-7H,8-13H2. The van der Waals surface area contributed by atoms with Gasteiger partial charge in [0, 0.05) is 37.6 Å². The average Bonchev–Trinajstić information content (AvgIpc) is 3.22. The Morgan fingerprint density at radius 3 is 2.55 bits per heavy atom. The van der Waals surface area contributed by atoms with Gasteiger partial charge in [0.05, 0.1) is 11.7 Å². The van der Waals surface area contributed by atoms with Gasteiger partial charge < -0.3 is 4.90 Å². The fraction of sp³-hybridized carbons (Fsp3) is 0.316. The summed E-state index contributed by atoms with van der Waals surface area (Å²) in [5.41, 5.74) is 1.91. The highest BCUT2D eigenvalue weighted by Gasteiger charge is 2.31. The van der Waals surface area contributed by atoms with Crippen molar-refractivity contribution in [2.45, 2.75) is 17.7 Å². The van der Waals surface area contributed by atoms with Crippen LogP contribution < -0.4 is 0 Å². The van der Waals surface area contributed by atoms with Gasteiger partial charge >= 0.3 is 0 Å². The highest BCUT2D eigenvalue weighted by atomic mass is 35.5. The molecule has 10 heteroatoms. The lowest BCUT2D eigenvalue weighted by molar-refractivity contribution is -0.132. The highest BCUT2D eigenvalue weighted by Crippen LogP contribution is 2.25. The van der Waals surface area contributed by atoms with Gasteiger partial charge in [-0.3, -0.25) is 4.79 Å². The Morgan fingerprint density at radius 2 is 1.79 bits per heavy atom. The van der Waals surface area contributed by atoms with Crippen LogP contribution in [0.25, 0.3) is 11.0 Å². The average molecular weight is 451 g/mol. The molecule has 1 saturated heterocycles. The summed E-state index contributed by atoms with van der Waals surface area (Å²) in [7, 11) is -3.69. The first-order valence-electron chi connectivity index (χ1n) is 9.19. The molecular weight excluding hydrogens is 432 g/mol. The maximum Gasteiger partial charge on any atom is 0.245 e. The number of benzene rings is 2. The van der Waals surface area contributed by atoms with E-state index in [9.17, 15) is 13.2 Å². The second-order valence-electron chi connectivity index (χ2n) is 6.76. The number of hydrogen-bond acceptors (Lipinski definition) is 6. The fourth-order valence-corrected chi connectivity index (χ4v) is 5.81. The Bertz CT molecular complexity index is 1140. The molecule has 0 saturated carbocycles. The molecule has 1 aromatic heterocycles. The van der Waals surface area contributed by atoms with Crippen LogP contribution in [0.1, 0.15) is 12.0 Å². The zero-order chi connectivity index (χ0) is 20.4. The molecule has 0 aliphatic carbocycles. The van der Waals surface area contributed by atoms with Crippen LogP contribution >= 0.6 is 23.3 Å². The smallest absolute Gasteiger partial charge is 0.245 e. The van der Waals surface area contributed by atoms with Crippen molar-refractivity contribution >= 4 is 50.3 Å². The van der Waals surface area contributed by atoms with Crippen molar-refractivity contribution in [1.82, 2.24) is 18.0 Å². The summed E-state index contributed by atoms with van der Waals surface area (Å²) < 4.78 is 35.8. The molecule has 1 amide bonds. The monoisotopic (exact) mass is 450 g/mol. The summed E-state index contributed by atoms with van der Waals surface area (Å²) in [5, 5.41) is 0.655. The van der Waals surface area contributed by atoms with E-state index in [4.69, 9.17) is 11.6 Å². The van der Waals surface area contributed by atoms with Crippen LogP contribution in [0.15, 0.2) is 47.4 Å². The molecule has 1 aliphatic rings. The van der Waals surface area contributed by atoms with Gasteiger partial charge in [0.25, 0.3) is 0 Å². The zero-order valence-corrected chi connectivity index (χ0v) is 17.9. The molecule has 0 spiro atoms. The Morgan fingerprint density at radius 1 is 1.03 bits per heavy atom. The number of piperazine rings is 1. The molecule has 0 N–H and O–H groups in total. The van der Waals surface area contributed by atoms with Crippen LogP contribution in [0.5, 0.6) is 0 Å². The van der Waals surface area contributed by atoms with Crippen molar-refractivity contribution < 1.29 is 13.2 Å². The van der Waals surface area contributed by atoms with Crippen LogP contribution in [0.3, 0.4) is 0 Å². The second kappa shape index (κ2) is 8.35. The number of carbonyl (C=O) groups excluding carboxylic acids is 1. The highest BCUT2D eigenvalue weighted by molar-refractivity contribution is 7.89. The van der Waals surface area contributed by atoms with Crippen LogP contribution in [0.4, 0.5) is 0 Å². The van der Waals surface area contributed by atoms with Gasteiger partial charge in [-0.15, -0.1) is 0 Å². The number of carbonyl (C=O) groups is 1. The van der Waals surface area contributed by atoms with E-state index in [-0.39, 0.29) is 23.9 Å². The molecule has 0 bridgehead atoms. The Balaban J connectivity index is 1.39. The molecule has 0 atom stereocenters. The number of halogens is 1. The van der Waals surface area contributed by atoms with E-state index in [2.05, 4.69) is 8.75 Å². The summed E-state index contributed by atoms with van der Waals surface area (Å²) in [4.78, 5) is 14.4.